The zero-order valence-corrected chi connectivity index (χ0v) is 16.0. The predicted molar refractivity (Wildman–Crippen MR) is 106 cm³/mol. The molecule has 2 heterocycles. The van der Waals surface area contributed by atoms with Crippen molar-refractivity contribution in [2.75, 3.05) is 38.7 Å². The number of fused-ring (bicyclic) bond motifs is 1. The van der Waals surface area contributed by atoms with Gasteiger partial charge in [0.15, 0.2) is 0 Å². The van der Waals surface area contributed by atoms with Crippen LogP contribution in [0, 0.1) is 0 Å². The number of anilines is 1. The van der Waals surface area contributed by atoms with Gasteiger partial charge in [-0.1, -0.05) is 0 Å². The van der Waals surface area contributed by atoms with Crippen molar-refractivity contribution in [3.8, 4) is 17.1 Å². The molecule has 0 bridgehead atoms. The normalized spacial score (nSPS) is 11.3. The van der Waals surface area contributed by atoms with Crippen LogP contribution in [0.4, 0.5) is 5.82 Å². The second-order valence-electron chi connectivity index (χ2n) is 6.40. The third-order valence-corrected chi connectivity index (χ3v) is 3.91. The number of aromatic amines is 1. The molecule has 0 aliphatic carbocycles. The number of hydrogen-bond donors (Lipinski definition) is 3. The lowest BCUT2D eigenvalue weighted by Crippen LogP contribution is -2.25. The van der Waals surface area contributed by atoms with Crippen LogP contribution >= 0.6 is 0 Å². The molecule has 0 saturated carbocycles. The average molecular weight is 370 g/mol. The Bertz CT molecular complexity index is 864. The Balaban J connectivity index is 1.72. The summed E-state index contributed by atoms with van der Waals surface area (Å²) in [5.74, 6) is 1.58. The standard InChI is InChI=1S/C19H26N6O2/c1-13(2)27-14-4-5-16-15(10-14)19(25-24-16)17-11-18(23-12-22-17)21-7-6-20-8-9-26-3/h4-5,10-13,20H,6-9H2,1-3H3,(H,24,25)(H,21,22,23). The van der Waals surface area contributed by atoms with Crippen LogP contribution in [-0.2, 0) is 4.74 Å². The SMILES string of the molecule is COCCNCCNc1cc(-c2n[nH]c3ccc(OC(C)C)cc23)ncn1. The summed E-state index contributed by atoms with van der Waals surface area (Å²) in [6.07, 6.45) is 1.66. The number of methoxy groups -OCH3 is 1. The van der Waals surface area contributed by atoms with Crippen LogP contribution in [0.15, 0.2) is 30.6 Å². The van der Waals surface area contributed by atoms with Gasteiger partial charge in [0, 0.05) is 38.2 Å². The van der Waals surface area contributed by atoms with E-state index in [4.69, 9.17) is 9.47 Å². The molecule has 0 spiro atoms. The second-order valence-corrected chi connectivity index (χ2v) is 6.40. The average Bonchev–Trinajstić information content (AvgIpc) is 3.07. The molecule has 27 heavy (non-hydrogen) atoms. The van der Waals surface area contributed by atoms with E-state index in [2.05, 4.69) is 30.8 Å². The van der Waals surface area contributed by atoms with Gasteiger partial charge in [-0.05, 0) is 32.0 Å². The van der Waals surface area contributed by atoms with Crippen molar-refractivity contribution in [3.63, 3.8) is 0 Å². The van der Waals surface area contributed by atoms with E-state index in [0.29, 0.717) is 6.61 Å². The Hall–Kier alpha value is -2.71. The lowest BCUT2D eigenvalue weighted by atomic mass is 10.1. The van der Waals surface area contributed by atoms with Gasteiger partial charge in [0.05, 0.1) is 23.9 Å². The summed E-state index contributed by atoms with van der Waals surface area (Å²) in [6, 6.07) is 7.80. The minimum atomic E-state index is 0.116. The molecule has 3 rings (SSSR count). The Labute approximate surface area is 158 Å². The highest BCUT2D eigenvalue weighted by atomic mass is 16.5. The van der Waals surface area contributed by atoms with Crippen molar-refractivity contribution in [3.05, 3.63) is 30.6 Å². The molecule has 0 unspecified atom stereocenters. The van der Waals surface area contributed by atoms with Gasteiger partial charge in [-0.15, -0.1) is 0 Å². The van der Waals surface area contributed by atoms with Crippen molar-refractivity contribution in [1.29, 1.82) is 0 Å². The first-order chi connectivity index (χ1) is 13.2. The lowest BCUT2D eigenvalue weighted by molar-refractivity contribution is 0.200. The van der Waals surface area contributed by atoms with E-state index in [1.807, 2.05) is 38.1 Å². The van der Waals surface area contributed by atoms with Gasteiger partial charge in [0.2, 0.25) is 0 Å². The molecular weight excluding hydrogens is 344 g/mol. The highest BCUT2D eigenvalue weighted by Crippen LogP contribution is 2.29. The molecular formula is C19H26N6O2. The van der Waals surface area contributed by atoms with Crippen LogP contribution in [-0.4, -0.2) is 59.6 Å². The number of nitrogens with zero attached hydrogens (tertiary/aromatic N) is 3. The number of rotatable bonds is 10. The van der Waals surface area contributed by atoms with Gasteiger partial charge in [-0.25, -0.2) is 9.97 Å². The van der Waals surface area contributed by atoms with Crippen LogP contribution in [0.3, 0.4) is 0 Å². The smallest absolute Gasteiger partial charge is 0.130 e. The molecule has 1 aromatic carbocycles. The van der Waals surface area contributed by atoms with Crippen molar-refractivity contribution < 1.29 is 9.47 Å². The second kappa shape index (κ2) is 9.29. The Morgan fingerprint density at radius 2 is 2.00 bits per heavy atom. The zero-order chi connectivity index (χ0) is 19.1. The fraction of sp³-hybridized carbons (Fsp3) is 0.421. The van der Waals surface area contributed by atoms with E-state index >= 15 is 0 Å². The molecule has 8 heteroatoms. The quantitative estimate of drug-likeness (QED) is 0.472. The molecule has 0 radical (unpaired) electrons. The first-order valence-corrected chi connectivity index (χ1v) is 9.08. The van der Waals surface area contributed by atoms with Gasteiger partial charge >= 0.3 is 0 Å². The molecule has 0 aliphatic heterocycles. The topological polar surface area (TPSA) is 97.0 Å². The Morgan fingerprint density at radius 1 is 1.11 bits per heavy atom. The molecule has 0 aliphatic rings. The van der Waals surface area contributed by atoms with E-state index in [-0.39, 0.29) is 6.10 Å². The third kappa shape index (κ3) is 5.15. The van der Waals surface area contributed by atoms with E-state index in [0.717, 1.165) is 53.5 Å². The fourth-order valence-corrected chi connectivity index (χ4v) is 2.70. The summed E-state index contributed by atoms with van der Waals surface area (Å²) in [7, 11) is 1.69. The first-order valence-electron chi connectivity index (χ1n) is 9.08. The number of H-pyrrole nitrogens is 1. The number of ether oxygens (including phenoxy) is 2. The number of benzene rings is 1. The summed E-state index contributed by atoms with van der Waals surface area (Å²) in [5, 5.41) is 15.0. The van der Waals surface area contributed by atoms with Crippen molar-refractivity contribution in [2.24, 2.45) is 0 Å². The molecule has 2 aromatic heterocycles. The van der Waals surface area contributed by atoms with Crippen LogP contribution in [0.1, 0.15) is 13.8 Å². The Kier molecular flexibility index (Phi) is 6.56. The summed E-state index contributed by atoms with van der Waals surface area (Å²) in [6.45, 7) is 7.12. The number of aromatic nitrogens is 4. The van der Waals surface area contributed by atoms with E-state index in [1.54, 1.807) is 13.4 Å². The van der Waals surface area contributed by atoms with Crippen LogP contribution < -0.4 is 15.4 Å². The number of nitrogens with one attached hydrogen (secondary N) is 3. The van der Waals surface area contributed by atoms with Crippen LogP contribution in [0.25, 0.3) is 22.3 Å². The molecule has 0 amide bonds. The van der Waals surface area contributed by atoms with Crippen LogP contribution in [0.5, 0.6) is 5.75 Å². The Morgan fingerprint density at radius 3 is 2.81 bits per heavy atom. The van der Waals surface area contributed by atoms with E-state index in [1.165, 1.54) is 0 Å². The van der Waals surface area contributed by atoms with Gasteiger partial charge in [-0.3, -0.25) is 5.10 Å². The van der Waals surface area contributed by atoms with E-state index in [9.17, 15) is 0 Å². The first kappa shape index (κ1) is 19.1. The van der Waals surface area contributed by atoms with E-state index < -0.39 is 0 Å². The minimum Gasteiger partial charge on any atom is -0.491 e. The van der Waals surface area contributed by atoms with Gasteiger partial charge < -0.3 is 20.1 Å². The fourth-order valence-electron chi connectivity index (χ4n) is 2.70. The number of hydrogen-bond acceptors (Lipinski definition) is 7. The molecule has 0 atom stereocenters. The monoisotopic (exact) mass is 370 g/mol. The molecule has 8 nitrogen and oxygen atoms in total. The summed E-state index contributed by atoms with van der Waals surface area (Å²) < 4.78 is 10.8. The maximum absolute atomic E-state index is 5.80. The summed E-state index contributed by atoms with van der Waals surface area (Å²) in [4.78, 5) is 8.67. The van der Waals surface area contributed by atoms with Crippen molar-refractivity contribution in [2.45, 2.75) is 20.0 Å². The molecule has 144 valence electrons. The zero-order valence-electron chi connectivity index (χ0n) is 16.0. The van der Waals surface area contributed by atoms with Gasteiger partial charge in [0.25, 0.3) is 0 Å². The molecule has 0 saturated heterocycles. The minimum absolute atomic E-state index is 0.116. The molecule has 0 fully saturated rings. The van der Waals surface area contributed by atoms with Crippen LogP contribution in [0.2, 0.25) is 0 Å². The molecule has 3 N–H and O–H groups in total. The predicted octanol–water partition coefficient (Wildman–Crippen LogP) is 2.46. The van der Waals surface area contributed by atoms with Gasteiger partial charge in [-0.2, -0.15) is 5.10 Å². The largest absolute Gasteiger partial charge is 0.491 e. The highest BCUT2D eigenvalue weighted by molar-refractivity contribution is 5.93. The highest BCUT2D eigenvalue weighted by Gasteiger charge is 2.12. The molecule has 3 aromatic rings. The lowest BCUT2D eigenvalue weighted by Gasteiger charge is -2.09. The van der Waals surface area contributed by atoms with Gasteiger partial charge in [0.1, 0.15) is 23.6 Å². The maximum atomic E-state index is 5.80. The summed E-state index contributed by atoms with van der Waals surface area (Å²) in [5.41, 5.74) is 2.48. The maximum Gasteiger partial charge on any atom is 0.130 e. The van der Waals surface area contributed by atoms with Crippen molar-refractivity contribution >= 4 is 16.7 Å². The third-order valence-electron chi connectivity index (χ3n) is 3.91. The summed E-state index contributed by atoms with van der Waals surface area (Å²) >= 11 is 0. The van der Waals surface area contributed by atoms with Crippen molar-refractivity contribution in [1.82, 2.24) is 25.5 Å².